The number of ether oxygens (including phenoxy) is 1. The first-order valence-electron chi connectivity index (χ1n) is 10.8. The molecule has 3 rings (SSSR count). The van der Waals surface area contributed by atoms with Gasteiger partial charge in [-0.15, -0.1) is 10.2 Å². The van der Waals surface area contributed by atoms with Gasteiger partial charge in [-0.05, 0) is 49.5 Å². The standard InChI is InChI=1S/C22H30N4O4S/c1-14(2)12-18(23-13-27)22(29,20-25-26-21(31)30-20)16-10-6-7-11-17(16)24-19(28)15-8-4-3-5-9-15/h3-5,8-9,13-14,16-18,20,29H,6-7,10-12H2,1-2H3,(H,23,27)(H,24,28)/t16-,17+,18+,20?,22?/m1/s1. The molecule has 168 valence electrons. The topological polar surface area (TPSA) is 112 Å². The summed E-state index contributed by atoms with van der Waals surface area (Å²) in [5, 5.41) is 25.9. The van der Waals surface area contributed by atoms with Gasteiger partial charge < -0.3 is 20.5 Å². The van der Waals surface area contributed by atoms with Crippen LogP contribution in [0.2, 0.25) is 0 Å². The number of aliphatic hydroxyl groups is 1. The van der Waals surface area contributed by atoms with Gasteiger partial charge in [0, 0.05) is 17.5 Å². The molecule has 3 N–H and O–H groups in total. The fourth-order valence-corrected chi connectivity index (χ4v) is 4.82. The first kappa shape index (κ1) is 23.3. The van der Waals surface area contributed by atoms with E-state index in [9.17, 15) is 14.7 Å². The monoisotopic (exact) mass is 446 g/mol. The Morgan fingerprint density at radius 3 is 2.65 bits per heavy atom. The molecule has 9 heteroatoms. The van der Waals surface area contributed by atoms with Crippen molar-refractivity contribution in [2.24, 2.45) is 22.1 Å². The highest BCUT2D eigenvalue weighted by Crippen LogP contribution is 2.41. The molecule has 1 aliphatic heterocycles. The Hall–Kier alpha value is -2.39. The van der Waals surface area contributed by atoms with Crippen LogP contribution in [0.4, 0.5) is 0 Å². The maximum atomic E-state index is 12.9. The van der Waals surface area contributed by atoms with E-state index in [0.29, 0.717) is 31.2 Å². The molecule has 1 heterocycles. The lowest BCUT2D eigenvalue weighted by molar-refractivity contribution is -0.145. The van der Waals surface area contributed by atoms with Gasteiger partial charge >= 0.3 is 5.17 Å². The summed E-state index contributed by atoms with van der Waals surface area (Å²) in [6.07, 6.45) is 3.21. The summed E-state index contributed by atoms with van der Waals surface area (Å²) in [5.41, 5.74) is -1.04. The van der Waals surface area contributed by atoms with Crippen molar-refractivity contribution >= 4 is 29.7 Å². The zero-order valence-corrected chi connectivity index (χ0v) is 18.7. The van der Waals surface area contributed by atoms with E-state index in [0.717, 1.165) is 12.8 Å². The molecule has 0 saturated heterocycles. The van der Waals surface area contributed by atoms with Gasteiger partial charge in [-0.2, -0.15) is 0 Å². The Balaban J connectivity index is 1.94. The zero-order chi connectivity index (χ0) is 22.4. The molecule has 1 fully saturated rings. The van der Waals surface area contributed by atoms with Crippen molar-refractivity contribution in [2.75, 3.05) is 0 Å². The molecule has 0 bridgehead atoms. The maximum absolute atomic E-state index is 12.9. The number of amides is 2. The summed E-state index contributed by atoms with van der Waals surface area (Å²) in [5.74, 6) is -0.418. The number of hydrogen-bond acceptors (Lipinski definition) is 6. The van der Waals surface area contributed by atoms with Crippen molar-refractivity contribution in [1.29, 1.82) is 0 Å². The molecule has 1 aliphatic carbocycles. The Morgan fingerprint density at radius 2 is 2.03 bits per heavy atom. The largest absolute Gasteiger partial charge is 0.437 e. The lowest BCUT2D eigenvalue weighted by Gasteiger charge is -2.48. The van der Waals surface area contributed by atoms with Crippen molar-refractivity contribution in [2.45, 2.75) is 69.9 Å². The molecule has 8 nitrogen and oxygen atoms in total. The average molecular weight is 447 g/mol. The van der Waals surface area contributed by atoms with E-state index in [4.69, 9.17) is 17.0 Å². The fraction of sp³-hybridized carbons (Fsp3) is 0.591. The van der Waals surface area contributed by atoms with E-state index >= 15 is 0 Å². The number of azo groups is 1. The number of rotatable bonds is 9. The summed E-state index contributed by atoms with van der Waals surface area (Å²) in [6.45, 7) is 4.02. The number of benzene rings is 1. The van der Waals surface area contributed by atoms with Crippen molar-refractivity contribution < 1.29 is 19.4 Å². The van der Waals surface area contributed by atoms with Crippen molar-refractivity contribution in [3.05, 3.63) is 35.9 Å². The van der Waals surface area contributed by atoms with Crippen LogP contribution in [0.3, 0.4) is 0 Å². The Labute approximate surface area is 187 Å². The third kappa shape index (κ3) is 5.27. The third-order valence-corrected chi connectivity index (χ3v) is 6.28. The molecular formula is C22H30N4O4S. The molecule has 5 atom stereocenters. The Morgan fingerprint density at radius 1 is 1.32 bits per heavy atom. The van der Waals surface area contributed by atoms with Crippen LogP contribution >= 0.6 is 12.2 Å². The van der Waals surface area contributed by atoms with Crippen LogP contribution in [-0.2, 0) is 9.53 Å². The summed E-state index contributed by atoms with van der Waals surface area (Å²) in [6, 6.07) is 8.01. The fourth-order valence-electron chi connectivity index (χ4n) is 4.68. The second-order valence-electron chi connectivity index (χ2n) is 8.64. The number of hydrogen-bond donors (Lipinski definition) is 3. The predicted octanol–water partition coefficient (Wildman–Crippen LogP) is 2.96. The molecule has 1 aromatic carbocycles. The minimum absolute atomic E-state index is 0.0431. The van der Waals surface area contributed by atoms with E-state index in [1.807, 2.05) is 32.0 Å². The lowest BCUT2D eigenvalue weighted by atomic mass is 9.68. The van der Waals surface area contributed by atoms with Crippen LogP contribution in [0.15, 0.2) is 40.6 Å². The van der Waals surface area contributed by atoms with Gasteiger partial charge in [0.15, 0.2) is 0 Å². The second kappa shape index (κ2) is 10.3. The van der Waals surface area contributed by atoms with Crippen LogP contribution in [0, 0.1) is 11.8 Å². The molecule has 2 amide bonds. The predicted molar refractivity (Wildman–Crippen MR) is 119 cm³/mol. The molecule has 2 unspecified atom stereocenters. The van der Waals surface area contributed by atoms with Crippen molar-refractivity contribution in [3.8, 4) is 0 Å². The van der Waals surface area contributed by atoms with Crippen molar-refractivity contribution in [3.63, 3.8) is 0 Å². The highest BCUT2D eigenvalue weighted by atomic mass is 32.1. The van der Waals surface area contributed by atoms with E-state index in [1.165, 1.54) is 0 Å². The van der Waals surface area contributed by atoms with Gasteiger partial charge in [-0.3, -0.25) is 9.59 Å². The van der Waals surface area contributed by atoms with Gasteiger partial charge in [0.25, 0.3) is 5.91 Å². The second-order valence-corrected chi connectivity index (χ2v) is 8.99. The lowest BCUT2D eigenvalue weighted by Crippen LogP contribution is -2.66. The van der Waals surface area contributed by atoms with Gasteiger partial charge in [-0.25, -0.2) is 0 Å². The number of carbonyl (C=O) groups is 2. The Kier molecular flexibility index (Phi) is 7.72. The van der Waals surface area contributed by atoms with Crippen LogP contribution in [-0.4, -0.2) is 46.5 Å². The molecular weight excluding hydrogens is 416 g/mol. The van der Waals surface area contributed by atoms with E-state index in [2.05, 4.69) is 20.9 Å². The quantitative estimate of drug-likeness (QED) is 0.399. The van der Waals surface area contributed by atoms with Crippen molar-refractivity contribution in [1.82, 2.24) is 10.6 Å². The van der Waals surface area contributed by atoms with E-state index < -0.39 is 23.8 Å². The maximum Gasteiger partial charge on any atom is 0.304 e. The minimum atomic E-state index is -1.59. The first-order chi connectivity index (χ1) is 14.9. The third-order valence-electron chi connectivity index (χ3n) is 6.10. The molecule has 0 spiro atoms. The van der Waals surface area contributed by atoms with Crippen LogP contribution in [0.25, 0.3) is 0 Å². The molecule has 1 saturated carbocycles. The van der Waals surface area contributed by atoms with Crippen LogP contribution in [0.1, 0.15) is 56.3 Å². The summed E-state index contributed by atoms with van der Waals surface area (Å²) >= 11 is 5.02. The smallest absolute Gasteiger partial charge is 0.304 e. The van der Waals surface area contributed by atoms with Gasteiger partial charge in [-0.1, -0.05) is 44.9 Å². The number of carbonyl (C=O) groups excluding carboxylic acids is 2. The summed E-state index contributed by atoms with van der Waals surface area (Å²) in [4.78, 5) is 24.3. The molecule has 1 aromatic rings. The normalized spacial score (nSPS) is 26.1. The molecule has 0 aromatic heterocycles. The molecule has 2 aliphatic rings. The van der Waals surface area contributed by atoms with Gasteiger partial charge in [0.2, 0.25) is 12.6 Å². The first-order valence-corrected chi connectivity index (χ1v) is 11.2. The molecule has 31 heavy (non-hydrogen) atoms. The zero-order valence-electron chi connectivity index (χ0n) is 17.9. The number of thiocarbonyl (C=S) groups is 1. The SMILES string of the molecule is CC(C)C[C@H](NC=O)C(O)(C1N=NC(=S)O1)[C@@H]1CCCC[C@@H]1NC(=O)c1ccccc1. The summed E-state index contributed by atoms with van der Waals surface area (Å²) < 4.78 is 5.61. The molecule has 0 radical (unpaired) electrons. The van der Waals surface area contributed by atoms with Crippen LogP contribution < -0.4 is 10.6 Å². The van der Waals surface area contributed by atoms with Crippen LogP contribution in [0.5, 0.6) is 0 Å². The van der Waals surface area contributed by atoms with Gasteiger partial charge in [0.05, 0.1) is 6.04 Å². The highest BCUT2D eigenvalue weighted by Gasteiger charge is 2.56. The highest BCUT2D eigenvalue weighted by molar-refractivity contribution is 7.80. The number of nitrogens with one attached hydrogen (secondary N) is 2. The van der Waals surface area contributed by atoms with E-state index in [-0.39, 0.29) is 23.0 Å². The Bertz CT molecular complexity index is 819. The average Bonchev–Trinajstić information content (AvgIpc) is 3.20. The number of nitrogens with zero attached hydrogens (tertiary/aromatic N) is 2. The van der Waals surface area contributed by atoms with E-state index in [1.54, 1.807) is 12.1 Å². The minimum Gasteiger partial charge on any atom is -0.437 e. The van der Waals surface area contributed by atoms with Gasteiger partial charge in [0.1, 0.15) is 5.60 Å². The summed E-state index contributed by atoms with van der Waals surface area (Å²) in [7, 11) is 0.